The molecule has 0 unspecified atom stereocenters. The number of carbonyl (C=O) groups excluding carboxylic acids is 1. The van der Waals surface area contributed by atoms with Gasteiger partial charge in [-0.2, -0.15) is 0 Å². The quantitative estimate of drug-likeness (QED) is 0.881. The Bertz CT molecular complexity index is 659. The topological polar surface area (TPSA) is 41.6 Å². The Morgan fingerprint density at radius 1 is 1.00 bits per heavy atom. The summed E-state index contributed by atoms with van der Waals surface area (Å²) in [4.78, 5) is 14.8. The standard InChI is InChI=1S/C20H24N2O2/c1-24-15-17-4-8-18(9-5-17)20(23)21-19-10-6-16(7-11-19)14-22-12-2-3-13-22/h4-11H,2-3,12-15H2,1H3,(H,21,23). The molecule has 24 heavy (non-hydrogen) atoms. The summed E-state index contributed by atoms with van der Waals surface area (Å²) in [7, 11) is 1.66. The number of nitrogens with zero attached hydrogens (tertiary/aromatic N) is 1. The molecule has 126 valence electrons. The van der Waals surface area contributed by atoms with Crippen molar-refractivity contribution in [2.45, 2.75) is 26.0 Å². The van der Waals surface area contributed by atoms with E-state index < -0.39 is 0 Å². The number of rotatable bonds is 6. The minimum Gasteiger partial charge on any atom is -0.380 e. The highest BCUT2D eigenvalue weighted by Gasteiger charge is 2.12. The number of carbonyl (C=O) groups is 1. The molecule has 1 saturated heterocycles. The Morgan fingerprint density at radius 3 is 2.25 bits per heavy atom. The average molecular weight is 324 g/mol. The molecule has 0 bridgehead atoms. The minimum absolute atomic E-state index is 0.0914. The van der Waals surface area contributed by atoms with Gasteiger partial charge in [0.2, 0.25) is 0 Å². The molecule has 0 aliphatic carbocycles. The van der Waals surface area contributed by atoms with Gasteiger partial charge in [-0.25, -0.2) is 0 Å². The fourth-order valence-corrected chi connectivity index (χ4v) is 3.01. The molecule has 0 saturated carbocycles. The highest BCUT2D eigenvalue weighted by Crippen LogP contribution is 2.16. The van der Waals surface area contributed by atoms with Crippen LogP contribution in [-0.4, -0.2) is 31.0 Å². The van der Waals surface area contributed by atoms with Crippen molar-refractivity contribution in [2.75, 3.05) is 25.5 Å². The summed E-state index contributed by atoms with van der Waals surface area (Å²) in [6.45, 7) is 3.94. The van der Waals surface area contributed by atoms with Crippen LogP contribution >= 0.6 is 0 Å². The molecule has 0 atom stereocenters. The first-order chi connectivity index (χ1) is 11.7. The molecule has 0 aromatic heterocycles. The van der Waals surface area contributed by atoms with E-state index in [-0.39, 0.29) is 5.91 Å². The van der Waals surface area contributed by atoms with Gasteiger partial charge in [-0.15, -0.1) is 0 Å². The molecule has 1 fully saturated rings. The van der Waals surface area contributed by atoms with Crippen LogP contribution in [0, 0.1) is 0 Å². The van der Waals surface area contributed by atoms with E-state index >= 15 is 0 Å². The van der Waals surface area contributed by atoms with E-state index in [0.29, 0.717) is 12.2 Å². The maximum atomic E-state index is 12.3. The van der Waals surface area contributed by atoms with Gasteiger partial charge in [0.05, 0.1) is 6.61 Å². The molecule has 4 heteroatoms. The normalized spacial score (nSPS) is 14.7. The van der Waals surface area contributed by atoms with E-state index in [9.17, 15) is 4.79 Å². The third-order valence-electron chi connectivity index (χ3n) is 4.34. The lowest BCUT2D eigenvalue weighted by Gasteiger charge is -2.14. The van der Waals surface area contributed by atoms with Crippen molar-refractivity contribution in [3.05, 3.63) is 65.2 Å². The fraction of sp³-hybridized carbons (Fsp3) is 0.350. The highest BCUT2D eigenvalue weighted by atomic mass is 16.5. The van der Waals surface area contributed by atoms with E-state index in [4.69, 9.17) is 4.74 Å². The molecule has 0 radical (unpaired) electrons. The van der Waals surface area contributed by atoms with Crippen LogP contribution in [0.15, 0.2) is 48.5 Å². The largest absolute Gasteiger partial charge is 0.380 e. The Labute approximate surface area is 143 Å². The number of hydrogen-bond donors (Lipinski definition) is 1. The SMILES string of the molecule is COCc1ccc(C(=O)Nc2ccc(CN3CCCC3)cc2)cc1. The Morgan fingerprint density at radius 2 is 1.62 bits per heavy atom. The van der Waals surface area contributed by atoms with Gasteiger partial charge >= 0.3 is 0 Å². The van der Waals surface area contributed by atoms with Gasteiger partial charge in [0.1, 0.15) is 0 Å². The molecule has 1 aliphatic heterocycles. The van der Waals surface area contributed by atoms with Crippen LogP contribution in [0.25, 0.3) is 0 Å². The van der Waals surface area contributed by atoms with E-state index in [2.05, 4.69) is 22.3 Å². The Hall–Kier alpha value is -2.17. The summed E-state index contributed by atoms with van der Waals surface area (Å²) in [5.74, 6) is -0.0914. The van der Waals surface area contributed by atoms with Gasteiger partial charge in [-0.3, -0.25) is 9.69 Å². The van der Waals surface area contributed by atoms with Crippen molar-refractivity contribution in [3.8, 4) is 0 Å². The van der Waals surface area contributed by atoms with E-state index in [1.165, 1.54) is 31.5 Å². The predicted molar refractivity (Wildman–Crippen MR) is 96.1 cm³/mol. The summed E-state index contributed by atoms with van der Waals surface area (Å²) in [6.07, 6.45) is 2.61. The van der Waals surface area contributed by atoms with Crippen molar-refractivity contribution < 1.29 is 9.53 Å². The number of methoxy groups -OCH3 is 1. The zero-order valence-electron chi connectivity index (χ0n) is 14.1. The van der Waals surface area contributed by atoms with E-state index in [0.717, 1.165) is 17.8 Å². The second-order valence-electron chi connectivity index (χ2n) is 6.26. The zero-order chi connectivity index (χ0) is 16.8. The summed E-state index contributed by atoms with van der Waals surface area (Å²) in [5, 5.41) is 2.95. The lowest BCUT2D eigenvalue weighted by molar-refractivity contribution is 0.102. The molecule has 1 N–H and O–H groups in total. The number of likely N-dealkylation sites (tertiary alicyclic amines) is 1. The van der Waals surface area contributed by atoms with Crippen LogP contribution in [0.1, 0.15) is 34.3 Å². The molecule has 0 spiro atoms. The molecule has 2 aromatic rings. The summed E-state index contributed by atoms with van der Waals surface area (Å²) >= 11 is 0. The van der Waals surface area contributed by atoms with Gasteiger partial charge in [0.25, 0.3) is 5.91 Å². The van der Waals surface area contributed by atoms with Crippen LogP contribution < -0.4 is 5.32 Å². The lowest BCUT2D eigenvalue weighted by atomic mass is 10.1. The van der Waals surface area contributed by atoms with Crippen LogP contribution in [-0.2, 0) is 17.9 Å². The number of amides is 1. The molecule has 3 rings (SSSR count). The van der Waals surface area contributed by atoms with Crippen LogP contribution in [0.3, 0.4) is 0 Å². The molecular formula is C20H24N2O2. The second kappa shape index (κ2) is 8.08. The van der Waals surface area contributed by atoms with Crippen molar-refractivity contribution in [2.24, 2.45) is 0 Å². The third kappa shape index (κ3) is 4.43. The first kappa shape index (κ1) is 16.7. The van der Waals surface area contributed by atoms with Crippen molar-refractivity contribution >= 4 is 11.6 Å². The van der Waals surface area contributed by atoms with Gasteiger partial charge in [0.15, 0.2) is 0 Å². The molecule has 2 aromatic carbocycles. The predicted octanol–water partition coefficient (Wildman–Crippen LogP) is 3.68. The van der Waals surface area contributed by atoms with Gasteiger partial charge in [0, 0.05) is 24.9 Å². The Kier molecular flexibility index (Phi) is 5.62. The van der Waals surface area contributed by atoms with E-state index in [1.807, 2.05) is 36.4 Å². The molecule has 1 amide bonds. The van der Waals surface area contributed by atoms with Gasteiger partial charge in [-0.1, -0.05) is 24.3 Å². The maximum absolute atomic E-state index is 12.3. The van der Waals surface area contributed by atoms with Crippen molar-refractivity contribution in [1.82, 2.24) is 4.90 Å². The number of benzene rings is 2. The molecular weight excluding hydrogens is 300 g/mol. The molecule has 4 nitrogen and oxygen atoms in total. The van der Waals surface area contributed by atoms with Crippen LogP contribution in [0.2, 0.25) is 0 Å². The number of nitrogens with one attached hydrogen (secondary N) is 1. The fourth-order valence-electron chi connectivity index (χ4n) is 3.01. The minimum atomic E-state index is -0.0914. The average Bonchev–Trinajstić information content (AvgIpc) is 3.10. The molecule has 1 aliphatic rings. The monoisotopic (exact) mass is 324 g/mol. The van der Waals surface area contributed by atoms with Crippen molar-refractivity contribution in [1.29, 1.82) is 0 Å². The van der Waals surface area contributed by atoms with E-state index in [1.54, 1.807) is 7.11 Å². The summed E-state index contributed by atoms with van der Waals surface area (Å²) in [6, 6.07) is 15.6. The van der Waals surface area contributed by atoms with Crippen LogP contribution in [0.5, 0.6) is 0 Å². The van der Waals surface area contributed by atoms with Crippen LogP contribution in [0.4, 0.5) is 5.69 Å². The van der Waals surface area contributed by atoms with Gasteiger partial charge < -0.3 is 10.1 Å². The summed E-state index contributed by atoms with van der Waals surface area (Å²) < 4.78 is 5.08. The lowest BCUT2D eigenvalue weighted by Crippen LogP contribution is -2.18. The number of anilines is 1. The maximum Gasteiger partial charge on any atom is 0.255 e. The van der Waals surface area contributed by atoms with Gasteiger partial charge in [-0.05, 0) is 61.3 Å². The first-order valence-corrected chi connectivity index (χ1v) is 8.45. The number of hydrogen-bond acceptors (Lipinski definition) is 3. The first-order valence-electron chi connectivity index (χ1n) is 8.45. The highest BCUT2D eigenvalue weighted by molar-refractivity contribution is 6.04. The zero-order valence-corrected chi connectivity index (χ0v) is 14.1. The number of ether oxygens (including phenoxy) is 1. The third-order valence-corrected chi connectivity index (χ3v) is 4.34. The smallest absolute Gasteiger partial charge is 0.255 e. The van der Waals surface area contributed by atoms with Crippen molar-refractivity contribution in [3.63, 3.8) is 0 Å². The summed E-state index contributed by atoms with van der Waals surface area (Å²) in [5.41, 5.74) is 3.82. The molecule has 1 heterocycles. The second-order valence-corrected chi connectivity index (χ2v) is 6.26. The Balaban J connectivity index is 1.57.